The van der Waals surface area contributed by atoms with Gasteiger partial charge in [0.2, 0.25) is 0 Å². The molecule has 0 fully saturated rings. The molecule has 1 heterocycles. The second-order valence-electron chi connectivity index (χ2n) is 6.25. The topological polar surface area (TPSA) is 73.2 Å². The molecule has 28 heavy (non-hydrogen) atoms. The van der Waals surface area contributed by atoms with Gasteiger partial charge in [-0.05, 0) is 30.4 Å². The average Bonchev–Trinajstić information content (AvgIpc) is 3.21. The third kappa shape index (κ3) is 6.78. The van der Waals surface area contributed by atoms with Crippen LogP contribution in [0.3, 0.4) is 0 Å². The number of aromatic nitrogens is 2. The van der Waals surface area contributed by atoms with E-state index in [2.05, 4.69) is 17.0 Å². The summed E-state index contributed by atoms with van der Waals surface area (Å²) in [5, 5.41) is 2.55. The van der Waals surface area contributed by atoms with Crippen LogP contribution in [0.2, 0.25) is 0 Å². The van der Waals surface area contributed by atoms with Crippen LogP contribution in [0.15, 0.2) is 73.3 Å². The number of rotatable bonds is 7. The second-order valence-corrected chi connectivity index (χ2v) is 9.00. The molecule has 8 heteroatoms. The number of carbonyl (C=O) groups excluding carboxylic acids is 1. The molecule has 0 aliphatic rings. The van der Waals surface area contributed by atoms with E-state index in [9.17, 15) is 9.36 Å². The minimum absolute atomic E-state index is 0. The maximum Gasteiger partial charge on any atom is 0.407 e. The van der Waals surface area contributed by atoms with Crippen molar-refractivity contribution in [2.75, 3.05) is 6.29 Å². The van der Waals surface area contributed by atoms with Crippen molar-refractivity contribution in [2.45, 2.75) is 12.8 Å². The van der Waals surface area contributed by atoms with Crippen LogP contribution in [-0.2, 0) is 43.1 Å². The van der Waals surface area contributed by atoms with E-state index in [4.69, 9.17) is 4.74 Å². The number of alkyl carbamates (subject to hydrolysis) is 1. The number of hydrogen-bond donors (Lipinski definition) is 1. The van der Waals surface area contributed by atoms with E-state index in [0.717, 1.165) is 16.8 Å². The summed E-state index contributed by atoms with van der Waals surface area (Å²) < 4.78 is 19.7. The summed E-state index contributed by atoms with van der Waals surface area (Å²) in [5.41, 5.74) is 2.76. The summed E-state index contributed by atoms with van der Waals surface area (Å²) in [6.07, 6.45) is 4.97. The van der Waals surface area contributed by atoms with Gasteiger partial charge in [0.1, 0.15) is 6.61 Å². The quantitative estimate of drug-likeness (QED) is 0.340. The molecule has 0 saturated carbocycles. The summed E-state index contributed by atoms with van der Waals surface area (Å²) in [5.74, 6) is 0. The summed E-state index contributed by atoms with van der Waals surface area (Å²) in [7, 11) is -2.82. The van der Waals surface area contributed by atoms with Crippen LogP contribution < -0.4 is 5.32 Å². The molecule has 0 radical (unpaired) electrons. The number of benzene rings is 2. The van der Waals surface area contributed by atoms with Gasteiger partial charge in [0, 0.05) is 51.6 Å². The van der Waals surface area contributed by atoms with Gasteiger partial charge in [0.05, 0.1) is 6.33 Å². The van der Waals surface area contributed by atoms with Crippen LogP contribution in [0.4, 0.5) is 4.79 Å². The number of nitrogens with one attached hydrogen (secondary N) is 1. The van der Waals surface area contributed by atoms with Crippen LogP contribution in [0.25, 0.3) is 5.69 Å². The Hall–Kier alpha value is -2.16. The fraction of sp³-hybridized carbons (Fsp3) is 0.150. The van der Waals surface area contributed by atoms with E-state index in [1.165, 1.54) is 0 Å². The minimum atomic E-state index is -2.82. The first-order valence-corrected chi connectivity index (χ1v) is 10.7. The van der Waals surface area contributed by atoms with E-state index in [1.807, 2.05) is 65.4 Å². The summed E-state index contributed by atoms with van der Waals surface area (Å²) in [6, 6.07) is 17.0. The maximum absolute atomic E-state index is 12.7. The molecule has 6 nitrogen and oxygen atoms in total. The number of nitrogens with zero attached hydrogens (tertiary/aromatic N) is 2. The van der Waals surface area contributed by atoms with Crippen molar-refractivity contribution in [3.05, 3.63) is 91.1 Å². The molecule has 0 aliphatic heterocycles. The van der Waals surface area contributed by atoms with E-state index in [0.29, 0.717) is 6.16 Å². The van der Waals surface area contributed by atoms with Crippen molar-refractivity contribution in [3.63, 3.8) is 0 Å². The molecule has 1 atom stereocenters. The Balaban J connectivity index is 0.00000280. The smallest absolute Gasteiger partial charge is 0.407 e. The van der Waals surface area contributed by atoms with Gasteiger partial charge in [-0.2, -0.15) is 0 Å². The van der Waals surface area contributed by atoms with Crippen LogP contribution in [0.1, 0.15) is 11.1 Å². The van der Waals surface area contributed by atoms with Gasteiger partial charge in [-0.1, -0.05) is 42.5 Å². The largest absolute Gasteiger partial charge is 0.445 e. The van der Waals surface area contributed by atoms with Gasteiger partial charge >= 0.3 is 6.09 Å². The Morgan fingerprint density at radius 3 is 2.46 bits per heavy atom. The Kier molecular flexibility index (Phi) is 8.22. The molecule has 1 amide bonds. The molecular weight excluding hydrogens is 545 g/mol. The van der Waals surface area contributed by atoms with Gasteiger partial charge in [0.15, 0.2) is 0 Å². The average molecular weight is 566 g/mol. The van der Waals surface area contributed by atoms with Gasteiger partial charge in [0.25, 0.3) is 0 Å². The standard InChI is InChI=1S/C20H21N3O3P.W/c1-27(25,16-22-20(24)26-13-17-5-3-2-4-6-17)14-18-7-9-19(10-8-18)23-12-11-21-15-23;/h2-12,15H,1,13-14,16H2,(H,22,24);/q-1;. The monoisotopic (exact) mass is 566 g/mol. The Morgan fingerprint density at radius 2 is 1.82 bits per heavy atom. The van der Waals surface area contributed by atoms with Crippen molar-refractivity contribution in [3.8, 4) is 5.69 Å². The number of hydrogen-bond acceptors (Lipinski definition) is 4. The molecule has 0 spiro atoms. The normalized spacial score (nSPS) is 12.5. The maximum atomic E-state index is 12.7. The van der Waals surface area contributed by atoms with Crippen LogP contribution in [-0.4, -0.2) is 21.9 Å². The third-order valence-corrected chi connectivity index (χ3v) is 5.61. The summed E-state index contributed by atoms with van der Waals surface area (Å²) in [4.78, 5) is 15.8. The number of imidazole rings is 1. The van der Waals surface area contributed by atoms with Crippen LogP contribution in [0.5, 0.6) is 0 Å². The molecule has 0 bridgehead atoms. The van der Waals surface area contributed by atoms with E-state index >= 15 is 0 Å². The Morgan fingerprint density at radius 1 is 1.11 bits per heavy atom. The number of amides is 1. The zero-order valence-corrected chi connectivity index (χ0v) is 19.1. The molecule has 0 aliphatic carbocycles. The Bertz CT molecular complexity index is 916. The van der Waals surface area contributed by atoms with Gasteiger partial charge < -0.3 is 19.2 Å². The summed E-state index contributed by atoms with van der Waals surface area (Å²) in [6.45, 7) is 3.97. The molecule has 1 N–H and O–H groups in total. The molecule has 3 aromatic rings. The third-order valence-electron chi connectivity index (χ3n) is 3.93. The molecule has 146 valence electrons. The summed E-state index contributed by atoms with van der Waals surface area (Å²) >= 11 is 0. The van der Waals surface area contributed by atoms with E-state index in [1.54, 1.807) is 12.5 Å². The first-order chi connectivity index (χ1) is 13.0. The van der Waals surface area contributed by atoms with Crippen LogP contribution in [0, 0.1) is 6.66 Å². The zero-order valence-electron chi connectivity index (χ0n) is 15.2. The SMILES string of the molecule is [CH2-]P(=O)(CNC(=O)OCc1ccccc1)Cc1ccc(-n2ccnc2)cc1.[W]. The number of carbonyl (C=O) groups is 1. The van der Waals surface area contributed by atoms with Crippen molar-refractivity contribution >= 4 is 13.2 Å². The van der Waals surface area contributed by atoms with E-state index in [-0.39, 0.29) is 34.0 Å². The minimum Gasteiger partial charge on any atom is -0.445 e. The first-order valence-electron chi connectivity index (χ1n) is 8.46. The second kappa shape index (κ2) is 10.4. The van der Waals surface area contributed by atoms with Gasteiger partial charge in [-0.3, -0.25) is 6.66 Å². The van der Waals surface area contributed by atoms with Crippen molar-refractivity contribution in [1.82, 2.24) is 14.9 Å². The molecule has 1 unspecified atom stereocenters. The van der Waals surface area contributed by atoms with E-state index < -0.39 is 13.2 Å². The Labute approximate surface area is 179 Å². The number of ether oxygens (including phenoxy) is 1. The molecule has 3 rings (SSSR count). The molecular formula is C20H21N3O3PW-. The van der Waals surface area contributed by atoms with Gasteiger partial charge in [-0.25, -0.2) is 9.78 Å². The molecule has 2 aromatic carbocycles. The van der Waals surface area contributed by atoms with Crippen molar-refractivity contribution < 1.29 is 35.2 Å². The van der Waals surface area contributed by atoms with Gasteiger partial charge in [-0.15, -0.1) is 0 Å². The first kappa shape index (κ1) is 22.1. The predicted molar refractivity (Wildman–Crippen MR) is 105 cm³/mol. The fourth-order valence-corrected chi connectivity index (χ4v) is 3.96. The fourth-order valence-electron chi connectivity index (χ4n) is 2.56. The zero-order chi connectivity index (χ0) is 19.1. The molecule has 1 aromatic heterocycles. The van der Waals surface area contributed by atoms with Crippen molar-refractivity contribution in [2.24, 2.45) is 0 Å². The predicted octanol–water partition coefficient (Wildman–Crippen LogP) is 4.41. The van der Waals surface area contributed by atoms with Crippen LogP contribution >= 0.6 is 7.14 Å². The van der Waals surface area contributed by atoms with Crippen molar-refractivity contribution in [1.29, 1.82) is 0 Å². The molecule has 0 saturated heterocycles.